The van der Waals surface area contributed by atoms with Gasteiger partial charge in [0.25, 0.3) is 0 Å². The Hall–Kier alpha value is -1.14. The van der Waals surface area contributed by atoms with Crippen LogP contribution in [-0.4, -0.2) is 19.9 Å². The van der Waals surface area contributed by atoms with Gasteiger partial charge in [0.15, 0.2) is 0 Å². The maximum atomic E-state index is 11.9. The van der Waals surface area contributed by atoms with Gasteiger partial charge in [-0.3, -0.25) is 4.79 Å². The van der Waals surface area contributed by atoms with Gasteiger partial charge in [-0.1, -0.05) is 25.7 Å². The molecule has 1 saturated carbocycles. The Balaban J connectivity index is 1.80. The third-order valence-corrected chi connectivity index (χ3v) is 5.08. The van der Waals surface area contributed by atoms with Gasteiger partial charge in [0.05, 0.1) is 4.90 Å². The van der Waals surface area contributed by atoms with Crippen LogP contribution in [0.2, 0.25) is 0 Å². The summed E-state index contributed by atoms with van der Waals surface area (Å²) in [4.78, 5) is 13.4. The fourth-order valence-electron chi connectivity index (χ4n) is 2.54. The Labute approximate surface area is 113 Å². The van der Waals surface area contributed by atoms with Crippen molar-refractivity contribution in [2.45, 2.75) is 43.4 Å². The topological polar surface area (TPSA) is 79.0 Å². The molecule has 0 spiro atoms. The molecule has 1 aromatic heterocycles. The van der Waals surface area contributed by atoms with Gasteiger partial charge in [0.1, 0.15) is 0 Å². The molecule has 19 heavy (non-hydrogen) atoms. The zero-order chi connectivity index (χ0) is 13.7. The van der Waals surface area contributed by atoms with Crippen molar-refractivity contribution >= 4 is 10.0 Å². The molecule has 1 aliphatic rings. The van der Waals surface area contributed by atoms with Crippen LogP contribution in [0.5, 0.6) is 0 Å². The summed E-state index contributed by atoms with van der Waals surface area (Å²) in [5.74, 6) is 0.776. The Morgan fingerprint density at radius 2 is 2.00 bits per heavy atom. The average Bonchev–Trinajstić information content (AvgIpc) is 2.88. The van der Waals surface area contributed by atoms with Gasteiger partial charge in [-0.05, 0) is 24.8 Å². The van der Waals surface area contributed by atoms with Crippen LogP contribution in [-0.2, 0) is 10.0 Å². The van der Waals surface area contributed by atoms with Gasteiger partial charge < -0.3 is 4.98 Å². The maximum absolute atomic E-state index is 11.9. The van der Waals surface area contributed by atoms with Crippen molar-refractivity contribution in [2.24, 2.45) is 5.92 Å². The number of nitrogens with one attached hydrogen (secondary N) is 2. The molecule has 0 atom stereocenters. The van der Waals surface area contributed by atoms with Crippen molar-refractivity contribution in [3.8, 4) is 0 Å². The molecule has 0 unspecified atom stereocenters. The van der Waals surface area contributed by atoms with Crippen molar-refractivity contribution in [1.29, 1.82) is 0 Å². The number of hydrogen-bond acceptors (Lipinski definition) is 3. The largest absolute Gasteiger partial charge is 0.328 e. The summed E-state index contributed by atoms with van der Waals surface area (Å²) in [5.41, 5.74) is -0.305. The highest BCUT2D eigenvalue weighted by Crippen LogP contribution is 2.28. The summed E-state index contributed by atoms with van der Waals surface area (Å²) in [7, 11) is -3.49. The van der Waals surface area contributed by atoms with Gasteiger partial charge in [0, 0.05) is 18.8 Å². The first-order valence-electron chi connectivity index (χ1n) is 6.76. The van der Waals surface area contributed by atoms with E-state index in [2.05, 4.69) is 9.71 Å². The molecular formula is C13H20N2O3S. The molecule has 0 amide bonds. The molecule has 0 saturated heterocycles. The normalized spacial score (nSPS) is 16.8. The van der Waals surface area contributed by atoms with E-state index in [1.807, 2.05) is 0 Å². The van der Waals surface area contributed by atoms with Crippen molar-refractivity contribution < 1.29 is 8.42 Å². The molecule has 0 bridgehead atoms. The monoisotopic (exact) mass is 284 g/mol. The Bertz CT molecular complexity index is 539. The van der Waals surface area contributed by atoms with Crippen molar-refractivity contribution in [3.05, 3.63) is 28.7 Å². The molecule has 106 valence electrons. The van der Waals surface area contributed by atoms with Crippen LogP contribution in [0.15, 0.2) is 28.0 Å². The average molecular weight is 284 g/mol. The zero-order valence-electron chi connectivity index (χ0n) is 10.9. The third-order valence-electron chi connectivity index (χ3n) is 3.62. The van der Waals surface area contributed by atoms with Crippen LogP contribution < -0.4 is 10.3 Å². The summed E-state index contributed by atoms with van der Waals surface area (Å²) in [6.45, 7) is 0.456. The van der Waals surface area contributed by atoms with E-state index in [0.717, 1.165) is 18.8 Å². The highest BCUT2D eigenvalue weighted by molar-refractivity contribution is 7.89. The van der Waals surface area contributed by atoms with Gasteiger partial charge >= 0.3 is 0 Å². The number of H-pyrrole nitrogens is 1. The summed E-state index contributed by atoms with van der Waals surface area (Å²) in [6, 6.07) is 2.53. The molecule has 0 radical (unpaired) electrons. The van der Waals surface area contributed by atoms with E-state index in [9.17, 15) is 13.2 Å². The van der Waals surface area contributed by atoms with Crippen LogP contribution in [0, 0.1) is 5.92 Å². The summed E-state index contributed by atoms with van der Waals surface area (Å²) < 4.78 is 26.4. The van der Waals surface area contributed by atoms with Gasteiger partial charge in [-0.2, -0.15) is 0 Å². The van der Waals surface area contributed by atoms with Crippen molar-refractivity contribution in [2.75, 3.05) is 6.54 Å². The lowest BCUT2D eigenvalue weighted by Gasteiger charge is -2.09. The van der Waals surface area contributed by atoms with Crippen LogP contribution in [0.25, 0.3) is 0 Å². The molecule has 0 aromatic carbocycles. The van der Waals surface area contributed by atoms with Crippen molar-refractivity contribution in [3.63, 3.8) is 0 Å². The van der Waals surface area contributed by atoms with Crippen molar-refractivity contribution in [1.82, 2.24) is 9.71 Å². The molecule has 1 heterocycles. The Kier molecular flexibility index (Phi) is 4.76. The lowest BCUT2D eigenvalue weighted by atomic mass is 10.0. The van der Waals surface area contributed by atoms with Gasteiger partial charge in [-0.15, -0.1) is 0 Å². The van der Waals surface area contributed by atoms with Crippen LogP contribution in [0.1, 0.15) is 38.5 Å². The standard InChI is InChI=1S/C13H20N2O3S/c16-13-8-7-12(10-14-13)19(17,18)15-9-3-6-11-4-1-2-5-11/h7-8,10-11,15H,1-6,9H2,(H,14,16). The molecule has 2 rings (SSSR count). The zero-order valence-corrected chi connectivity index (χ0v) is 11.7. The van der Waals surface area contributed by atoms with E-state index >= 15 is 0 Å². The predicted molar refractivity (Wildman–Crippen MR) is 73.4 cm³/mol. The number of sulfonamides is 1. The SMILES string of the molecule is O=c1ccc(S(=O)(=O)NCCCC2CCCC2)c[nH]1. The predicted octanol–water partition coefficient (Wildman–Crippen LogP) is 1.62. The second-order valence-electron chi connectivity index (χ2n) is 5.08. The number of aromatic nitrogens is 1. The second kappa shape index (κ2) is 6.34. The first-order valence-corrected chi connectivity index (χ1v) is 8.25. The lowest BCUT2D eigenvalue weighted by molar-refractivity contribution is 0.480. The first kappa shape index (κ1) is 14.3. The number of pyridine rings is 1. The van der Waals surface area contributed by atoms with E-state index in [-0.39, 0.29) is 10.5 Å². The smallest absolute Gasteiger partial charge is 0.247 e. The van der Waals surface area contributed by atoms with E-state index in [1.54, 1.807) is 0 Å². The van der Waals surface area contributed by atoms with E-state index in [0.29, 0.717) is 6.54 Å². The van der Waals surface area contributed by atoms with Crippen LogP contribution in [0.3, 0.4) is 0 Å². The fourth-order valence-corrected chi connectivity index (χ4v) is 3.58. The second-order valence-corrected chi connectivity index (χ2v) is 6.85. The molecule has 1 fully saturated rings. The number of rotatable bonds is 6. The fraction of sp³-hybridized carbons (Fsp3) is 0.615. The number of aromatic amines is 1. The minimum Gasteiger partial charge on any atom is -0.328 e. The Morgan fingerprint density at radius 1 is 1.26 bits per heavy atom. The summed E-state index contributed by atoms with van der Waals surface area (Å²) >= 11 is 0. The molecule has 0 aliphatic heterocycles. The minimum absolute atomic E-state index is 0.105. The quantitative estimate of drug-likeness (QED) is 0.779. The van der Waals surface area contributed by atoms with Crippen LogP contribution in [0.4, 0.5) is 0 Å². The van der Waals surface area contributed by atoms with Crippen LogP contribution >= 0.6 is 0 Å². The molecule has 1 aromatic rings. The maximum Gasteiger partial charge on any atom is 0.247 e. The third kappa shape index (κ3) is 4.18. The molecule has 6 heteroatoms. The molecule has 1 aliphatic carbocycles. The van der Waals surface area contributed by atoms with E-state index in [4.69, 9.17) is 0 Å². The molecule has 2 N–H and O–H groups in total. The summed E-state index contributed by atoms with van der Waals surface area (Å²) in [6.07, 6.45) is 8.38. The first-order chi connectivity index (χ1) is 9.08. The Morgan fingerprint density at radius 3 is 2.63 bits per heavy atom. The van der Waals surface area contributed by atoms with E-state index < -0.39 is 10.0 Å². The number of hydrogen-bond donors (Lipinski definition) is 2. The highest BCUT2D eigenvalue weighted by atomic mass is 32.2. The minimum atomic E-state index is -3.49. The molecular weight excluding hydrogens is 264 g/mol. The van der Waals surface area contributed by atoms with Gasteiger partial charge in [-0.25, -0.2) is 13.1 Å². The lowest BCUT2D eigenvalue weighted by Crippen LogP contribution is -2.25. The molecule has 5 nitrogen and oxygen atoms in total. The van der Waals surface area contributed by atoms with E-state index in [1.165, 1.54) is 44.0 Å². The van der Waals surface area contributed by atoms with Gasteiger partial charge in [0.2, 0.25) is 15.6 Å². The highest BCUT2D eigenvalue weighted by Gasteiger charge is 2.16. The summed E-state index contributed by atoms with van der Waals surface area (Å²) in [5, 5.41) is 0.